The molecule has 0 spiro atoms. The molecule has 1 aliphatic rings. The summed E-state index contributed by atoms with van der Waals surface area (Å²) in [5.74, 6) is -1.91. The van der Waals surface area contributed by atoms with Gasteiger partial charge in [0.25, 0.3) is 5.56 Å². The second kappa shape index (κ2) is 5.71. The molecular weight excluding hydrogens is 302 g/mol. The first-order valence-corrected chi connectivity index (χ1v) is 7.21. The van der Waals surface area contributed by atoms with Gasteiger partial charge in [-0.1, -0.05) is 12.1 Å². The van der Waals surface area contributed by atoms with Crippen molar-refractivity contribution in [2.24, 2.45) is 0 Å². The number of amides is 1. The molecule has 8 nitrogen and oxygen atoms in total. The minimum Gasteiger partial charge on any atom is -0.548 e. The van der Waals surface area contributed by atoms with E-state index < -0.39 is 35.7 Å². The third kappa shape index (κ3) is 2.63. The molecule has 1 atom stereocenters. The third-order valence-corrected chi connectivity index (χ3v) is 4.03. The molecule has 1 aromatic heterocycles. The van der Waals surface area contributed by atoms with Crippen LogP contribution >= 0.6 is 0 Å². The van der Waals surface area contributed by atoms with Crippen LogP contribution in [0.3, 0.4) is 0 Å². The number of H-pyrrole nitrogens is 1. The van der Waals surface area contributed by atoms with Crippen LogP contribution in [0.5, 0.6) is 0 Å². The third-order valence-electron chi connectivity index (χ3n) is 4.03. The van der Waals surface area contributed by atoms with Crippen LogP contribution in [0.1, 0.15) is 12.8 Å². The minimum atomic E-state index is -1.32. The molecule has 2 heterocycles. The molecule has 0 radical (unpaired) electrons. The molecule has 1 N–H and O–H groups in total. The van der Waals surface area contributed by atoms with Gasteiger partial charge in [-0.15, -0.1) is 0 Å². The lowest BCUT2D eigenvalue weighted by Gasteiger charge is -2.25. The van der Waals surface area contributed by atoms with Crippen LogP contribution in [0.25, 0.3) is 10.9 Å². The first-order chi connectivity index (χ1) is 11.0. The van der Waals surface area contributed by atoms with E-state index >= 15 is 0 Å². The summed E-state index contributed by atoms with van der Waals surface area (Å²) in [6.07, 6.45) is 0.865. The van der Waals surface area contributed by atoms with Gasteiger partial charge >= 0.3 is 5.69 Å². The van der Waals surface area contributed by atoms with Crippen molar-refractivity contribution in [1.29, 1.82) is 0 Å². The van der Waals surface area contributed by atoms with Crippen molar-refractivity contribution in [3.05, 3.63) is 45.1 Å². The summed E-state index contributed by atoms with van der Waals surface area (Å²) in [5.41, 5.74) is -0.895. The van der Waals surface area contributed by atoms with Crippen molar-refractivity contribution in [1.82, 2.24) is 14.5 Å². The molecule has 3 rings (SSSR count). The molecule has 1 amide bonds. The Kier molecular flexibility index (Phi) is 3.73. The number of carboxylic acid groups (broad SMARTS) is 1. The number of carboxylic acids is 1. The number of carbonyl (C=O) groups is 2. The molecule has 8 heteroatoms. The standard InChI is InChI=1S/C15H15N3O5/c19-12(17-7-3-6-11(17)14(21)22)8-18-13(20)9-4-1-2-5-10(9)16-15(18)23/h1-2,4-5,11H,3,6-8H2,(H,16,23)(H,21,22)/p-1/t11-/m1/s1. The van der Waals surface area contributed by atoms with Crippen LogP contribution in [0.4, 0.5) is 0 Å². The topological polar surface area (TPSA) is 115 Å². The number of aromatic amines is 1. The Morgan fingerprint density at radius 3 is 2.74 bits per heavy atom. The van der Waals surface area contributed by atoms with Gasteiger partial charge in [0, 0.05) is 6.54 Å². The molecule has 2 aromatic rings. The maximum atomic E-state index is 12.4. The number of fused-ring (bicyclic) bond motifs is 1. The first kappa shape index (κ1) is 15.0. The summed E-state index contributed by atoms with van der Waals surface area (Å²) >= 11 is 0. The number of nitrogens with zero attached hydrogens (tertiary/aromatic N) is 2. The minimum absolute atomic E-state index is 0.276. The fourth-order valence-corrected chi connectivity index (χ4v) is 2.88. The van der Waals surface area contributed by atoms with Crippen LogP contribution in [0, 0.1) is 0 Å². The van der Waals surface area contributed by atoms with E-state index in [9.17, 15) is 24.3 Å². The van der Waals surface area contributed by atoms with Crippen LogP contribution in [0.2, 0.25) is 0 Å². The van der Waals surface area contributed by atoms with Gasteiger partial charge in [-0.05, 0) is 25.0 Å². The summed E-state index contributed by atoms with van der Waals surface area (Å²) < 4.78 is 0.787. The maximum Gasteiger partial charge on any atom is 0.329 e. The zero-order valence-electron chi connectivity index (χ0n) is 12.2. The zero-order chi connectivity index (χ0) is 16.6. The Labute approximate surface area is 130 Å². The molecule has 0 unspecified atom stereocenters. The van der Waals surface area contributed by atoms with Crippen molar-refractivity contribution < 1.29 is 14.7 Å². The van der Waals surface area contributed by atoms with Crippen molar-refractivity contribution in [2.45, 2.75) is 25.4 Å². The fourth-order valence-electron chi connectivity index (χ4n) is 2.88. The van der Waals surface area contributed by atoms with Gasteiger partial charge in [0.1, 0.15) is 6.54 Å². The number of rotatable bonds is 3. The molecule has 120 valence electrons. The average molecular weight is 316 g/mol. The normalized spacial score (nSPS) is 17.6. The number of carbonyl (C=O) groups excluding carboxylic acids is 2. The molecule has 1 fully saturated rings. The molecule has 1 saturated heterocycles. The number of hydrogen-bond acceptors (Lipinski definition) is 5. The van der Waals surface area contributed by atoms with E-state index in [1.807, 2.05) is 0 Å². The van der Waals surface area contributed by atoms with E-state index in [4.69, 9.17) is 0 Å². The van der Waals surface area contributed by atoms with Gasteiger partial charge in [-0.3, -0.25) is 14.2 Å². The van der Waals surface area contributed by atoms with Gasteiger partial charge in [0.15, 0.2) is 0 Å². The van der Waals surface area contributed by atoms with Crippen LogP contribution in [0.15, 0.2) is 33.9 Å². The molecular formula is C15H14N3O5-. The largest absolute Gasteiger partial charge is 0.548 e. The number of likely N-dealkylation sites (tertiary alicyclic amines) is 1. The molecule has 0 saturated carbocycles. The highest BCUT2D eigenvalue weighted by atomic mass is 16.4. The Morgan fingerprint density at radius 2 is 2.00 bits per heavy atom. The lowest BCUT2D eigenvalue weighted by molar-refractivity contribution is -0.310. The zero-order valence-corrected chi connectivity index (χ0v) is 12.2. The Balaban J connectivity index is 1.96. The van der Waals surface area contributed by atoms with Crippen molar-refractivity contribution in [3.8, 4) is 0 Å². The van der Waals surface area contributed by atoms with Crippen LogP contribution in [-0.4, -0.2) is 38.9 Å². The number of benzene rings is 1. The van der Waals surface area contributed by atoms with Gasteiger partial charge in [-0.25, -0.2) is 4.79 Å². The Morgan fingerprint density at radius 1 is 1.26 bits per heavy atom. The molecule has 23 heavy (non-hydrogen) atoms. The lowest BCUT2D eigenvalue weighted by Crippen LogP contribution is -2.49. The number of nitrogens with one attached hydrogen (secondary N) is 1. The highest BCUT2D eigenvalue weighted by molar-refractivity contribution is 5.83. The summed E-state index contributed by atoms with van der Waals surface area (Å²) in [5, 5.41) is 11.3. The van der Waals surface area contributed by atoms with Crippen LogP contribution in [-0.2, 0) is 16.1 Å². The van der Waals surface area contributed by atoms with Gasteiger partial charge in [0.05, 0.1) is 22.9 Å². The second-order valence-corrected chi connectivity index (χ2v) is 5.43. The Hall–Kier alpha value is -2.90. The van der Waals surface area contributed by atoms with Gasteiger partial charge in [0.2, 0.25) is 5.91 Å². The van der Waals surface area contributed by atoms with Crippen LogP contribution < -0.4 is 16.4 Å². The highest BCUT2D eigenvalue weighted by Gasteiger charge is 2.30. The number of hydrogen-bond donors (Lipinski definition) is 1. The van der Waals surface area contributed by atoms with E-state index in [-0.39, 0.29) is 11.9 Å². The smallest absolute Gasteiger partial charge is 0.329 e. The monoisotopic (exact) mass is 316 g/mol. The van der Waals surface area contributed by atoms with E-state index in [1.54, 1.807) is 24.3 Å². The first-order valence-electron chi connectivity index (χ1n) is 7.21. The van der Waals surface area contributed by atoms with E-state index in [1.165, 1.54) is 0 Å². The number of para-hydroxylation sites is 1. The summed E-state index contributed by atoms with van der Waals surface area (Å²) in [7, 11) is 0. The van der Waals surface area contributed by atoms with E-state index in [0.717, 1.165) is 9.47 Å². The lowest BCUT2D eigenvalue weighted by atomic mass is 10.2. The van der Waals surface area contributed by atoms with E-state index in [2.05, 4.69) is 4.98 Å². The molecule has 0 aliphatic carbocycles. The number of aromatic nitrogens is 2. The summed E-state index contributed by atoms with van der Waals surface area (Å²) in [6, 6.07) is 5.48. The predicted molar refractivity (Wildman–Crippen MR) is 78.6 cm³/mol. The maximum absolute atomic E-state index is 12.4. The average Bonchev–Trinajstić information content (AvgIpc) is 3.01. The molecule has 0 bridgehead atoms. The predicted octanol–water partition coefficient (Wildman–Crippen LogP) is -1.57. The fraction of sp³-hybridized carbons (Fsp3) is 0.333. The molecule has 1 aliphatic heterocycles. The Bertz CT molecular complexity index is 898. The van der Waals surface area contributed by atoms with Gasteiger partial charge in [-0.2, -0.15) is 0 Å². The van der Waals surface area contributed by atoms with Crippen molar-refractivity contribution >= 4 is 22.8 Å². The van der Waals surface area contributed by atoms with Crippen molar-refractivity contribution in [3.63, 3.8) is 0 Å². The van der Waals surface area contributed by atoms with Gasteiger partial charge < -0.3 is 19.8 Å². The van der Waals surface area contributed by atoms with Crippen molar-refractivity contribution in [2.75, 3.05) is 6.54 Å². The summed E-state index contributed by atoms with van der Waals surface area (Å²) in [6.45, 7) is -0.222. The summed E-state index contributed by atoms with van der Waals surface area (Å²) in [4.78, 5) is 51.4. The highest BCUT2D eigenvalue weighted by Crippen LogP contribution is 2.17. The quantitative estimate of drug-likeness (QED) is 0.734. The second-order valence-electron chi connectivity index (χ2n) is 5.43. The van der Waals surface area contributed by atoms with E-state index in [0.29, 0.717) is 18.4 Å². The number of aliphatic carboxylic acids is 1. The molecule has 1 aromatic carbocycles. The SMILES string of the molecule is O=C([O-])[C@H]1CCCN1C(=O)Cn1c(=O)[nH]c2ccccc2c1=O.